The molecule has 0 aliphatic carbocycles. The molecule has 0 saturated carbocycles. The third-order valence-electron chi connectivity index (χ3n) is 4.78. The minimum atomic E-state index is -0.339. The van der Waals surface area contributed by atoms with Gasteiger partial charge in [-0.3, -0.25) is 4.90 Å². The van der Waals surface area contributed by atoms with Crippen LogP contribution in [0.4, 0.5) is 0 Å². The van der Waals surface area contributed by atoms with Gasteiger partial charge >= 0.3 is 0 Å². The summed E-state index contributed by atoms with van der Waals surface area (Å²) in [6, 6.07) is 2.20. The lowest BCUT2D eigenvalue weighted by molar-refractivity contribution is 0.0741. The maximum Gasteiger partial charge on any atom is 0.231 e. The summed E-state index contributed by atoms with van der Waals surface area (Å²) < 4.78 is 16.8. The minimum Gasteiger partial charge on any atom is -0.492 e. The van der Waals surface area contributed by atoms with Crippen molar-refractivity contribution in [2.75, 3.05) is 27.5 Å². The maximum atomic E-state index is 10.4. The van der Waals surface area contributed by atoms with E-state index in [1.165, 1.54) is 5.56 Å². The highest BCUT2D eigenvalue weighted by Gasteiger charge is 2.35. The molecule has 0 radical (unpaired) electrons. The molecule has 0 bridgehead atoms. The Hall–Kier alpha value is -1.46. The Morgan fingerprint density at radius 2 is 2.18 bits per heavy atom. The topological polar surface area (TPSA) is 51.2 Å². The van der Waals surface area contributed by atoms with Crippen LogP contribution >= 0.6 is 0 Å². The van der Waals surface area contributed by atoms with Crippen LogP contribution in [0, 0.1) is 5.92 Å². The van der Waals surface area contributed by atoms with Gasteiger partial charge in [-0.15, -0.1) is 0 Å². The Labute approximate surface area is 131 Å². The molecule has 0 spiro atoms. The first-order chi connectivity index (χ1) is 10.5. The summed E-state index contributed by atoms with van der Waals surface area (Å²) in [6.07, 6.45) is 1.30. The molecule has 0 saturated heterocycles. The zero-order chi connectivity index (χ0) is 15.9. The fourth-order valence-electron chi connectivity index (χ4n) is 3.32. The van der Waals surface area contributed by atoms with Crippen LogP contribution in [0.25, 0.3) is 0 Å². The normalized spacial score (nSPS) is 21.8. The summed E-state index contributed by atoms with van der Waals surface area (Å²) in [7, 11) is 3.77. The van der Waals surface area contributed by atoms with Gasteiger partial charge in [0.1, 0.15) is 0 Å². The average molecular weight is 307 g/mol. The molecule has 1 aromatic carbocycles. The fourth-order valence-corrected chi connectivity index (χ4v) is 3.32. The van der Waals surface area contributed by atoms with Gasteiger partial charge < -0.3 is 19.3 Å². The number of likely N-dealkylation sites (N-methyl/N-ethyl adjacent to an activating group) is 1. The van der Waals surface area contributed by atoms with Gasteiger partial charge in [-0.1, -0.05) is 13.8 Å². The summed E-state index contributed by atoms with van der Waals surface area (Å²) in [5, 5.41) is 10.4. The van der Waals surface area contributed by atoms with E-state index in [0.29, 0.717) is 12.2 Å². The standard InChI is InChI=1S/C17H25NO4/c1-10(2)13(19)8-12-15-11(5-6-18(12)3)7-14-16(17(15)20-4)22-9-21-14/h7,10,12-13,19H,5-6,8-9H2,1-4H3/t12-,13-/m1/s1. The second-order valence-electron chi connectivity index (χ2n) is 6.51. The van der Waals surface area contributed by atoms with Gasteiger partial charge in [0, 0.05) is 18.2 Å². The smallest absolute Gasteiger partial charge is 0.231 e. The third-order valence-corrected chi connectivity index (χ3v) is 4.78. The first-order valence-electron chi connectivity index (χ1n) is 7.90. The quantitative estimate of drug-likeness (QED) is 0.925. The van der Waals surface area contributed by atoms with Gasteiger partial charge in [0.05, 0.1) is 13.2 Å². The van der Waals surface area contributed by atoms with E-state index in [4.69, 9.17) is 14.2 Å². The van der Waals surface area contributed by atoms with Crippen LogP contribution in [0.2, 0.25) is 0 Å². The molecule has 0 aromatic heterocycles. The summed E-state index contributed by atoms with van der Waals surface area (Å²) in [4.78, 5) is 2.29. The summed E-state index contributed by atoms with van der Waals surface area (Å²) in [5.74, 6) is 2.46. The predicted octanol–water partition coefficient (Wildman–Crippen LogP) is 2.36. The zero-order valence-electron chi connectivity index (χ0n) is 13.8. The molecule has 0 amide bonds. The highest BCUT2D eigenvalue weighted by molar-refractivity contribution is 5.61. The lowest BCUT2D eigenvalue weighted by atomic mass is 9.86. The number of hydrogen-bond acceptors (Lipinski definition) is 5. The monoisotopic (exact) mass is 307 g/mol. The number of nitrogens with zero attached hydrogens (tertiary/aromatic N) is 1. The van der Waals surface area contributed by atoms with E-state index in [-0.39, 0.29) is 24.9 Å². The number of aliphatic hydroxyl groups is 1. The number of ether oxygens (including phenoxy) is 3. The van der Waals surface area contributed by atoms with E-state index >= 15 is 0 Å². The van der Waals surface area contributed by atoms with Gasteiger partial charge in [0.15, 0.2) is 11.5 Å². The van der Waals surface area contributed by atoms with Crippen LogP contribution in [0.5, 0.6) is 17.2 Å². The molecule has 2 aliphatic heterocycles. The van der Waals surface area contributed by atoms with Crippen molar-refractivity contribution in [2.24, 2.45) is 5.92 Å². The van der Waals surface area contributed by atoms with E-state index in [1.54, 1.807) is 7.11 Å². The Morgan fingerprint density at radius 3 is 2.86 bits per heavy atom. The van der Waals surface area contributed by atoms with E-state index < -0.39 is 0 Å². The SMILES string of the molecule is COc1c2c(cc3c1[C@@H](C[C@@H](O)C(C)C)N(C)CC3)OCO2. The second-order valence-corrected chi connectivity index (χ2v) is 6.51. The van der Waals surface area contributed by atoms with Crippen LogP contribution < -0.4 is 14.2 Å². The van der Waals surface area contributed by atoms with Crippen molar-refractivity contribution in [3.63, 3.8) is 0 Å². The first-order valence-corrected chi connectivity index (χ1v) is 7.90. The molecule has 122 valence electrons. The molecular formula is C17H25NO4. The van der Waals surface area contributed by atoms with Crippen molar-refractivity contribution in [3.05, 3.63) is 17.2 Å². The molecule has 22 heavy (non-hydrogen) atoms. The summed E-state index contributed by atoms with van der Waals surface area (Å²) in [5.41, 5.74) is 2.38. The molecule has 5 heteroatoms. The molecule has 2 heterocycles. The van der Waals surface area contributed by atoms with Crippen molar-refractivity contribution < 1.29 is 19.3 Å². The van der Waals surface area contributed by atoms with Crippen LogP contribution in [0.1, 0.15) is 37.4 Å². The molecule has 2 aliphatic rings. The molecular weight excluding hydrogens is 282 g/mol. The van der Waals surface area contributed by atoms with Crippen molar-refractivity contribution >= 4 is 0 Å². The van der Waals surface area contributed by atoms with Crippen molar-refractivity contribution in [1.82, 2.24) is 4.90 Å². The maximum absolute atomic E-state index is 10.4. The highest BCUT2D eigenvalue weighted by atomic mass is 16.7. The zero-order valence-corrected chi connectivity index (χ0v) is 13.8. The molecule has 1 N–H and O–H groups in total. The number of fused-ring (bicyclic) bond motifs is 2. The van der Waals surface area contributed by atoms with E-state index in [1.807, 2.05) is 13.8 Å². The van der Waals surface area contributed by atoms with Crippen LogP contribution in [-0.2, 0) is 6.42 Å². The Morgan fingerprint density at radius 1 is 1.41 bits per heavy atom. The molecule has 5 nitrogen and oxygen atoms in total. The Bertz CT molecular complexity index is 558. The van der Waals surface area contributed by atoms with Crippen LogP contribution in [-0.4, -0.2) is 43.6 Å². The summed E-state index contributed by atoms with van der Waals surface area (Å²) in [6.45, 7) is 5.30. The molecule has 0 unspecified atom stereocenters. The van der Waals surface area contributed by atoms with Crippen molar-refractivity contribution in [1.29, 1.82) is 0 Å². The number of aliphatic hydroxyl groups excluding tert-OH is 1. The van der Waals surface area contributed by atoms with Crippen LogP contribution in [0.3, 0.4) is 0 Å². The largest absolute Gasteiger partial charge is 0.492 e. The predicted molar refractivity (Wildman–Crippen MR) is 83.7 cm³/mol. The third kappa shape index (κ3) is 2.52. The Kier molecular flexibility index (Phi) is 4.19. The van der Waals surface area contributed by atoms with Crippen LogP contribution in [0.15, 0.2) is 6.07 Å². The van der Waals surface area contributed by atoms with Gasteiger partial charge in [-0.05, 0) is 37.4 Å². The van der Waals surface area contributed by atoms with Gasteiger partial charge in [-0.2, -0.15) is 0 Å². The fraction of sp³-hybridized carbons (Fsp3) is 0.647. The number of rotatable bonds is 4. The van der Waals surface area contributed by atoms with E-state index in [9.17, 15) is 5.11 Å². The van der Waals surface area contributed by atoms with Crippen molar-refractivity contribution in [2.45, 2.75) is 38.8 Å². The lowest BCUT2D eigenvalue weighted by Gasteiger charge is -2.37. The number of hydrogen-bond donors (Lipinski definition) is 1. The summed E-state index contributed by atoms with van der Waals surface area (Å²) >= 11 is 0. The first kappa shape index (κ1) is 15.4. The molecule has 3 rings (SSSR count). The highest BCUT2D eigenvalue weighted by Crippen LogP contribution is 2.50. The van der Waals surface area contributed by atoms with Crippen molar-refractivity contribution in [3.8, 4) is 17.2 Å². The van der Waals surface area contributed by atoms with Gasteiger partial charge in [0.2, 0.25) is 12.5 Å². The van der Waals surface area contributed by atoms with E-state index in [2.05, 4.69) is 18.0 Å². The second kappa shape index (κ2) is 5.97. The Balaban J connectivity index is 2.04. The lowest BCUT2D eigenvalue weighted by Crippen LogP contribution is -2.35. The molecule has 0 fully saturated rings. The molecule has 1 aromatic rings. The average Bonchev–Trinajstić information content (AvgIpc) is 2.95. The number of benzene rings is 1. The van der Waals surface area contributed by atoms with Gasteiger partial charge in [-0.25, -0.2) is 0 Å². The van der Waals surface area contributed by atoms with E-state index in [0.717, 1.165) is 30.0 Å². The van der Waals surface area contributed by atoms with Gasteiger partial charge in [0.25, 0.3) is 0 Å². The molecule has 2 atom stereocenters. The number of methoxy groups -OCH3 is 1. The minimum absolute atomic E-state index is 0.130.